The van der Waals surface area contributed by atoms with Crippen LogP contribution in [0.25, 0.3) is 20.9 Å². The third kappa shape index (κ3) is 2.68. The predicted octanol–water partition coefficient (Wildman–Crippen LogP) is 2.88. The van der Waals surface area contributed by atoms with E-state index in [1.807, 2.05) is 6.07 Å². The van der Waals surface area contributed by atoms with Crippen molar-refractivity contribution in [3.63, 3.8) is 0 Å². The quantitative estimate of drug-likeness (QED) is 0.711. The zero-order valence-electron chi connectivity index (χ0n) is 12.7. The molecule has 0 spiro atoms. The summed E-state index contributed by atoms with van der Waals surface area (Å²) in [6.45, 7) is 0. The molecule has 0 amide bonds. The van der Waals surface area contributed by atoms with E-state index in [2.05, 4.69) is 6.07 Å². The van der Waals surface area contributed by atoms with E-state index in [4.69, 9.17) is 9.32 Å². The highest BCUT2D eigenvalue weighted by Gasteiger charge is 2.17. The van der Waals surface area contributed by atoms with Crippen LogP contribution in [0, 0.1) is 0 Å². The third-order valence-electron chi connectivity index (χ3n) is 4.40. The Morgan fingerprint density at radius 3 is 2.58 bits per heavy atom. The predicted molar refractivity (Wildman–Crippen MR) is 96.0 cm³/mol. The van der Waals surface area contributed by atoms with Crippen LogP contribution in [-0.4, -0.2) is 8.42 Å². The Kier molecular flexibility index (Phi) is 3.59. The summed E-state index contributed by atoms with van der Waals surface area (Å²) in [5.74, 6) is 0.109. The molecule has 7 heteroatoms. The van der Waals surface area contributed by atoms with Crippen LogP contribution in [-0.2, 0) is 23.1 Å². The van der Waals surface area contributed by atoms with E-state index in [0.717, 1.165) is 53.2 Å². The SMILES string of the molecule is NS(=O)(=O)Oc1ccc2c(c1)sc(=O)c1c3c(ccc12)CCCC3. The number of hydrogen-bond donors (Lipinski definition) is 1. The molecule has 3 aromatic rings. The normalized spacial score (nSPS) is 14.7. The number of hydrogen-bond acceptors (Lipinski definition) is 5. The maximum atomic E-state index is 12.7. The first-order valence-corrected chi connectivity index (χ1v) is 9.95. The monoisotopic (exact) mass is 361 g/mol. The number of nitrogens with two attached hydrogens (primary N) is 1. The van der Waals surface area contributed by atoms with Gasteiger partial charge in [0.25, 0.3) is 0 Å². The molecule has 1 aliphatic rings. The minimum Gasteiger partial charge on any atom is -0.371 e. The molecule has 5 nitrogen and oxygen atoms in total. The first kappa shape index (κ1) is 15.6. The number of fused-ring (bicyclic) bond motifs is 5. The summed E-state index contributed by atoms with van der Waals surface area (Å²) >= 11 is 1.11. The van der Waals surface area contributed by atoms with Gasteiger partial charge in [0, 0.05) is 15.5 Å². The molecule has 0 saturated heterocycles. The molecule has 0 unspecified atom stereocenters. The molecule has 2 N–H and O–H groups in total. The number of rotatable bonds is 2. The Hall–Kier alpha value is -1.96. The average molecular weight is 361 g/mol. The maximum Gasteiger partial charge on any atom is 0.380 e. The minimum atomic E-state index is -4.08. The molecule has 24 heavy (non-hydrogen) atoms. The van der Waals surface area contributed by atoms with Gasteiger partial charge in [-0.05, 0) is 60.4 Å². The fraction of sp³-hybridized carbons (Fsp3) is 0.235. The summed E-state index contributed by atoms with van der Waals surface area (Å²) in [6, 6.07) is 8.99. The largest absolute Gasteiger partial charge is 0.380 e. The summed E-state index contributed by atoms with van der Waals surface area (Å²) in [6.07, 6.45) is 4.23. The van der Waals surface area contributed by atoms with Crippen LogP contribution in [0.5, 0.6) is 5.75 Å². The van der Waals surface area contributed by atoms with Gasteiger partial charge < -0.3 is 4.18 Å². The van der Waals surface area contributed by atoms with Crippen LogP contribution in [0.2, 0.25) is 0 Å². The van der Waals surface area contributed by atoms with Gasteiger partial charge in [0.05, 0.1) is 0 Å². The van der Waals surface area contributed by atoms with Crippen LogP contribution < -0.4 is 14.1 Å². The zero-order valence-corrected chi connectivity index (χ0v) is 14.4. The molecule has 0 fully saturated rings. The van der Waals surface area contributed by atoms with E-state index >= 15 is 0 Å². The van der Waals surface area contributed by atoms with Gasteiger partial charge in [0.15, 0.2) is 0 Å². The van der Waals surface area contributed by atoms with Gasteiger partial charge in [-0.1, -0.05) is 23.5 Å². The molecule has 1 heterocycles. The van der Waals surface area contributed by atoms with Crippen LogP contribution in [0.1, 0.15) is 24.0 Å². The van der Waals surface area contributed by atoms with E-state index in [0.29, 0.717) is 4.70 Å². The summed E-state index contributed by atoms with van der Waals surface area (Å²) in [5.41, 5.74) is 2.44. The van der Waals surface area contributed by atoms with Gasteiger partial charge in [-0.15, -0.1) is 0 Å². The van der Waals surface area contributed by atoms with Crippen molar-refractivity contribution < 1.29 is 12.6 Å². The molecule has 0 aliphatic heterocycles. The third-order valence-corrected chi connectivity index (χ3v) is 5.77. The second-order valence-electron chi connectivity index (χ2n) is 5.96. The van der Waals surface area contributed by atoms with E-state index in [9.17, 15) is 13.2 Å². The first-order valence-electron chi connectivity index (χ1n) is 7.66. The molecule has 0 radical (unpaired) electrons. The van der Waals surface area contributed by atoms with E-state index in [1.165, 1.54) is 11.1 Å². The smallest absolute Gasteiger partial charge is 0.371 e. The lowest BCUT2D eigenvalue weighted by molar-refractivity contribution is 0.488. The van der Waals surface area contributed by atoms with Crippen molar-refractivity contribution in [2.45, 2.75) is 25.7 Å². The van der Waals surface area contributed by atoms with Crippen molar-refractivity contribution in [1.29, 1.82) is 0 Å². The molecule has 0 bridgehead atoms. The van der Waals surface area contributed by atoms with Crippen molar-refractivity contribution in [3.05, 3.63) is 51.0 Å². The second-order valence-corrected chi connectivity index (χ2v) is 8.12. The molecule has 2 aromatic carbocycles. The highest BCUT2D eigenvalue weighted by atomic mass is 32.2. The highest BCUT2D eigenvalue weighted by Crippen LogP contribution is 2.34. The van der Waals surface area contributed by atoms with Crippen LogP contribution in [0.3, 0.4) is 0 Å². The van der Waals surface area contributed by atoms with Gasteiger partial charge >= 0.3 is 10.3 Å². The number of benzene rings is 2. The van der Waals surface area contributed by atoms with Gasteiger partial charge in [0.1, 0.15) is 5.75 Å². The Bertz CT molecular complexity index is 1130. The standard InChI is InChI=1S/C17H15NO4S2/c18-24(20,21)22-11-6-8-13-14-7-5-10-3-1-2-4-12(10)16(14)17(19)23-15(13)9-11/h5-9H,1-4H2,(H2,18,20,21). The maximum absolute atomic E-state index is 12.7. The van der Waals surface area contributed by atoms with Crippen LogP contribution >= 0.6 is 11.3 Å². The summed E-state index contributed by atoms with van der Waals surface area (Å²) < 4.78 is 27.5. The average Bonchev–Trinajstić information content (AvgIpc) is 2.52. The van der Waals surface area contributed by atoms with Gasteiger partial charge in [-0.25, -0.2) is 0 Å². The summed E-state index contributed by atoms with van der Waals surface area (Å²) in [5, 5.41) is 7.54. The van der Waals surface area contributed by atoms with E-state index in [1.54, 1.807) is 18.2 Å². The Labute approximate surface area is 142 Å². The Morgan fingerprint density at radius 2 is 1.79 bits per heavy atom. The molecule has 4 rings (SSSR count). The lowest BCUT2D eigenvalue weighted by Crippen LogP contribution is -2.18. The van der Waals surface area contributed by atoms with Crippen molar-refractivity contribution in [2.24, 2.45) is 5.14 Å². The van der Waals surface area contributed by atoms with Crippen LogP contribution in [0.15, 0.2) is 35.1 Å². The first-order chi connectivity index (χ1) is 11.4. The highest BCUT2D eigenvalue weighted by molar-refractivity contribution is 7.84. The molecular formula is C17H15NO4S2. The number of aryl methyl sites for hydroxylation is 2. The molecule has 0 atom stereocenters. The van der Waals surface area contributed by atoms with E-state index < -0.39 is 10.3 Å². The Morgan fingerprint density at radius 1 is 1.04 bits per heavy atom. The summed E-state index contributed by atoms with van der Waals surface area (Å²) in [4.78, 5) is 12.7. The molecule has 124 valence electrons. The minimum absolute atomic E-state index is 0.00371. The van der Waals surface area contributed by atoms with E-state index in [-0.39, 0.29) is 10.5 Å². The lowest BCUT2D eigenvalue weighted by atomic mass is 9.88. The topological polar surface area (TPSA) is 86.5 Å². The molecule has 1 aliphatic carbocycles. The van der Waals surface area contributed by atoms with Crippen molar-refractivity contribution in [3.8, 4) is 5.75 Å². The molecular weight excluding hydrogens is 346 g/mol. The van der Waals surface area contributed by atoms with Crippen LogP contribution in [0.4, 0.5) is 0 Å². The van der Waals surface area contributed by atoms with Gasteiger partial charge in [-0.3, -0.25) is 4.79 Å². The lowest BCUT2D eigenvalue weighted by Gasteiger charge is -2.18. The van der Waals surface area contributed by atoms with Gasteiger partial charge in [0.2, 0.25) is 4.74 Å². The second kappa shape index (κ2) is 5.54. The van der Waals surface area contributed by atoms with Crippen molar-refractivity contribution >= 4 is 42.5 Å². The van der Waals surface area contributed by atoms with Crippen molar-refractivity contribution in [2.75, 3.05) is 0 Å². The fourth-order valence-corrected chi connectivity index (χ4v) is 4.80. The molecule has 0 saturated carbocycles. The Balaban J connectivity index is 2.00. The molecule has 1 aromatic heterocycles. The summed E-state index contributed by atoms with van der Waals surface area (Å²) in [7, 11) is -4.08. The van der Waals surface area contributed by atoms with Crippen molar-refractivity contribution in [1.82, 2.24) is 0 Å². The zero-order chi connectivity index (χ0) is 16.9. The fourth-order valence-electron chi connectivity index (χ4n) is 3.43. The van der Waals surface area contributed by atoms with Gasteiger partial charge in [-0.2, -0.15) is 13.6 Å².